The van der Waals surface area contributed by atoms with Crippen LogP contribution in [0.1, 0.15) is 51.3 Å². The number of hydrogen-bond acceptors (Lipinski definition) is 5. The molecule has 0 bridgehead atoms. The smallest absolute Gasteiger partial charge is 0.376 e. The largest absolute Gasteiger partial charge is 0.472 e. The molecule has 27 heavy (non-hydrogen) atoms. The maximum atomic E-state index is 14.2. The molecule has 1 aromatic rings. The van der Waals surface area contributed by atoms with Gasteiger partial charge >= 0.3 is 7.82 Å². The summed E-state index contributed by atoms with van der Waals surface area (Å²) < 4.78 is 61.5. The average molecular weight is 408 g/mol. The number of ether oxygens (including phenoxy) is 2. The third kappa shape index (κ3) is 6.31. The number of phosphoric acid groups is 1. The average Bonchev–Trinajstić information content (AvgIpc) is 2.89. The summed E-state index contributed by atoms with van der Waals surface area (Å²) in [7, 11) is -4.32. The van der Waals surface area contributed by atoms with Crippen LogP contribution in [0.5, 0.6) is 0 Å². The van der Waals surface area contributed by atoms with Crippen molar-refractivity contribution < 1.29 is 36.8 Å². The fourth-order valence-electron chi connectivity index (χ4n) is 2.85. The summed E-state index contributed by atoms with van der Waals surface area (Å²) in [5.74, 6) is -1.38. The first kappa shape index (κ1) is 22.4. The zero-order valence-corrected chi connectivity index (χ0v) is 17.0. The second-order valence-corrected chi connectivity index (χ2v) is 8.53. The predicted molar refractivity (Wildman–Crippen MR) is 95.3 cm³/mol. The molecule has 0 aliphatic carbocycles. The molecule has 6 nitrogen and oxygen atoms in total. The lowest BCUT2D eigenvalue weighted by molar-refractivity contribution is -0.0603. The standard InChI is InChI=1S/C18H27F2O6P/c1-10(2)23-9-18-17(26-27(21,22)25-11(3)4)8-16(24-18)13-6-12(5)14(19)7-15(13)20/h6-7,10-11,16-18H,8-9H2,1-5H3,(H,21,22)/t16-,17?,18?/m1/s1. The number of rotatable bonds is 8. The molecule has 0 amide bonds. The van der Waals surface area contributed by atoms with E-state index in [9.17, 15) is 18.2 Å². The van der Waals surface area contributed by atoms with Gasteiger partial charge in [0.05, 0.1) is 24.9 Å². The molecule has 1 heterocycles. The summed E-state index contributed by atoms with van der Waals surface area (Å²) in [6, 6.07) is 2.18. The molecule has 154 valence electrons. The van der Waals surface area contributed by atoms with Crippen LogP contribution in [0.4, 0.5) is 8.78 Å². The normalized spacial score (nSPS) is 25.3. The Bertz CT molecular complexity index is 697. The first-order chi connectivity index (χ1) is 12.5. The quantitative estimate of drug-likeness (QED) is 0.641. The van der Waals surface area contributed by atoms with E-state index in [-0.39, 0.29) is 30.3 Å². The van der Waals surface area contributed by atoms with Gasteiger partial charge in [-0.1, -0.05) is 0 Å². The molecule has 1 aliphatic rings. The molecule has 0 spiro atoms. The Kier molecular flexibility index (Phi) is 7.53. The lowest BCUT2D eigenvalue weighted by Crippen LogP contribution is -2.30. The van der Waals surface area contributed by atoms with Gasteiger partial charge in [0, 0.05) is 18.1 Å². The van der Waals surface area contributed by atoms with Crippen molar-refractivity contribution >= 4 is 7.82 Å². The van der Waals surface area contributed by atoms with E-state index < -0.39 is 43.9 Å². The highest BCUT2D eigenvalue weighted by atomic mass is 31.2. The van der Waals surface area contributed by atoms with Crippen LogP contribution in [0.15, 0.2) is 12.1 Å². The van der Waals surface area contributed by atoms with Gasteiger partial charge in [-0.2, -0.15) is 0 Å². The Hall–Kier alpha value is -0.890. The summed E-state index contributed by atoms with van der Waals surface area (Å²) in [6.07, 6.45) is -2.78. The second-order valence-electron chi connectivity index (χ2n) is 7.17. The molecule has 1 aliphatic heterocycles. The molecular formula is C18H27F2O6P. The van der Waals surface area contributed by atoms with Gasteiger partial charge in [0.15, 0.2) is 0 Å². The summed E-state index contributed by atoms with van der Waals surface area (Å²) in [5.41, 5.74) is 0.456. The molecular weight excluding hydrogens is 381 g/mol. The molecule has 9 heteroatoms. The molecule has 1 saturated heterocycles. The van der Waals surface area contributed by atoms with Crippen molar-refractivity contribution in [1.29, 1.82) is 0 Å². The van der Waals surface area contributed by atoms with Crippen LogP contribution < -0.4 is 0 Å². The number of hydrogen-bond donors (Lipinski definition) is 1. The van der Waals surface area contributed by atoms with Gasteiger partial charge in [0.25, 0.3) is 0 Å². The van der Waals surface area contributed by atoms with Crippen molar-refractivity contribution in [2.24, 2.45) is 0 Å². The summed E-state index contributed by atoms with van der Waals surface area (Å²) in [5, 5.41) is 0. The van der Waals surface area contributed by atoms with Crippen LogP contribution in [0, 0.1) is 18.6 Å². The SMILES string of the molecule is Cc1cc([C@H]2CC(OP(=O)(O)OC(C)C)C(COC(C)C)O2)c(F)cc1F. The number of halogens is 2. The third-order valence-electron chi connectivity index (χ3n) is 4.03. The van der Waals surface area contributed by atoms with Crippen molar-refractivity contribution in [1.82, 2.24) is 0 Å². The molecule has 1 N–H and O–H groups in total. The fraction of sp³-hybridized carbons (Fsp3) is 0.667. The van der Waals surface area contributed by atoms with Gasteiger partial charge in [-0.05, 0) is 46.2 Å². The van der Waals surface area contributed by atoms with Gasteiger partial charge in [0.1, 0.15) is 23.8 Å². The maximum absolute atomic E-state index is 14.2. The molecule has 1 aromatic carbocycles. The highest BCUT2D eigenvalue weighted by Gasteiger charge is 2.42. The van der Waals surface area contributed by atoms with E-state index in [1.54, 1.807) is 13.8 Å². The lowest BCUT2D eigenvalue weighted by Gasteiger charge is -2.23. The lowest BCUT2D eigenvalue weighted by atomic mass is 10.0. The zero-order chi connectivity index (χ0) is 20.4. The van der Waals surface area contributed by atoms with Crippen LogP contribution in [0.2, 0.25) is 0 Å². The number of aryl methyl sites for hydroxylation is 1. The highest BCUT2D eigenvalue weighted by Crippen LogP contribution is 2.50. The van der Waals surface area contributed by atoms with E-state index in [0.29, 0.717) is 0 Å². The van der Waals surface area contributed by atoms with Crippen LogP contribution >= 0.6 is 7.82 Å². The predicted octanol–water partition coefficient (Wildman–Crippen LogP) is 4.44. The van der Waals surface area contributed by atoms with Gasteiger partial charge in [-0.15, -0.1) is 0 Å². The molecule has 3 unspecified atom stereocenters. The monoisotopic (exact) mass is 408 g/mol. The molecule has 1 fully saturated rings. The minimum Gasteiger partial charge on any atom is -0.376 e. The first-order valence-electron chi connectivity index (χ1n) is 8.90. The van der Waals surface area contributed by atoms with Crippen molar-refractivity contribution in [2.45, 2.75) is 71.6 Å². The van der Waals surface area contributed by atoms with Gasteiger partial charge in [0.2, 0.25) is 0 Å². The van der Waals surface area contributed by atoms with Crippen molar-refractivity contribution in [3.05, 3.63) is 34.9 Å². The second kappa shape index (κ2) is 9.07. The highest BCUT2D eigenvalue weighted by molar-refractivity contribution is 7.47. The van der Waals surface area contributed by atoms with E-state index in [1.807, 2.05) is 13.8 Å². The fourth-order valence-corrected chi connectivity index (χ4v) is 4.00. The number of benzene rings is 1. The van der Waals surface area contributed by atoms with Crippen LogP contribution in [-0.2, 0) is 23.1 Å². The van der Waals surface area contributed by atoms with Crippen molar-refractivity contribution in [2.75, 3.05) is 6.61 Å². The first-order valence-corrected chi connectivity index (χ1v) is 10.4. The van der Waals surface area contributed by atoms with E-state index in [0.717, 1.165) is 6.07 Å². The zero-order valence-electron chi connectivity index (χ0n) is 16.1. The van der Waals surface area contributed by atoms with E-state index in [2.05, 4.69) is 0 Å². The molecule has 2 rings (SSSR count). The van der Waals surface area contributed by atoms with Crippen LogP contribution in [0.3, 0.4) is 0 Å². The number of phosphoric ester groups is 1. The minimum atomic E-state index is -4.32. The van der Waals surface area contributed by atoms with Crippen molar-refractivity contribution in [3.63, 3.8) is 0 Å². The van der Waals surface area contributed by atoms with Crippen LogP contribution in [0.25, 0.3) is 0 Å². The Morgan fingerprint density at radius 2 is 1.89 bits per heavy atom. The summed E-state index contributed by atoms with van der Waals surface area (Å²) >= 11 is 0. The molecule has 0 saturated carbocycles. The van der Waals surface area contributed by atoms with E-state index in [1.165, 1.54) is 13.0 Å². The Balaban J connectivity index is 2.21. The van der Waals surface area contributed by atoms with E-state index in [4.69, 9.17) is 18.5 Å². The van der Waals surface area contributed by atoms with Gasteiger partial charge in [-0.25, -0.2) is 13.3 Å². The summed E-state index contributed by atoms with van der Waals surface area (Å²) in [6.45, 7) is 8.52. The minimum absolute atomic E-state index is 0.0917. The van der Waals surface area contributed by atoms with E-state index >= 15 is 0 Å². The third-order valence-corrected chi connectivity index (χ3v) is 5.26. The van der Waals surface area contributed by atoms with Gasteiger partial charge in [-0.3, -0.25) is 9.05 Å². The molecule has 0 aromatic heterocycles. The molecule has 0 radical (unpaired) electrons. The van der Waals surface area contributed by atoms with Crippen molar-refractivity contribution in [3.8, 4) is 0 Å². The topological polar surface area (TPSA) is 74.2 Å². The van der Waals surface area contributed by atoms with Crippen LogP contribution in [-0.4, -0.2) is 35.9 Å². The van der Waals surface area contributed by atoms with Gasteiger partial charge < -0.3 is 14.4 Å². The summed E-state index contributed by atoms with van der Waals surface area (Å²) in [4.78, 5) is 9.92. The maximum Gasteiger partial charge on any atom is 0.472 e. The molecule has 4 atom stereocenters. The Morgan fingerprint density at radius 1 is 1.22 bits per heavy atom. The Labute approximate surface area is 158 Å². The Morgan fingerprint density at radius 3 is 2.48 bits per heavy atom.